The van der Waals surface area contributed by atoms with E-state index in [1.807, 2.05) is 6.92 Å². The first-order valence-corrected chi connectivity index (χ1v) is 8.64. The van der Waals surface area contributed by atoms with Crippen LogP contribution < -0.4 is 4.90 Å². The predicted molar refractivity (Wildman–Crippen MR) is 94.4 cm³/mol. The zero-order valence-electron chi connectivity index (χ0n) is 15.6. The Morgan fingerprint density at radius 2 is 2.11 bits per heavy atom. The van der Waals surface area contributed by atoms with Crippen molar-refractivity contribution in [3.63, 3.8) is 0 Å². The molecule has 2 amide bonds. The Morgan fingerprint density at radius 1 is 1.41 bits per heavy atom. The third kappa shape index (κ3) is 3.64. The van der Waals surface area contributed by atoms with Crippen molar-refractivity contribution < 1.29 is 24.0 Å². The highest BCUT2D eigenvalue weighted by atomic mass is 16.6. The van der Waals surface area contributed by atoms with E-state index in [1.165, 1.54) is 12.4 Å². The second-order valence-corrected chi connectivity index (χ2v) is 7.77. The molecule has 3 heterocycles. The molecule has 27 heavy (non-hydrogen) atoms. The van der Waals surface area contributed by atoms with E-state index in [0.717, 1.165) is 4.90 Å². The van der Waals surface area contributed by atoms with Crippen molar-refractivity contribution in [1.82, 2.24) is 9.88 Å². The molecule has 0 radical (unpaired) electrons. The Labute approximate surface area is 156 Å². The third-order valence-electron chi connectivity index (χ3n) is 4.53. The lowest BCUT2D eigenvalue weighted by atomic mass is 9.92. The number of aromatic nitrogens is 1. The molecule has 1 aromatic heterocycles. The SMILES string of the molecule is C[C@@H]1CN(c2ccncc2[N+](=O)[O-])C[C@@H]2C1OC(=O)N2C(=O)OC(C)(C)C. The molecule has 3 rings (SSSR count). The van der Waals surface area contributed by atoms with Crippen molar-refractivity contribution in [3.05, 3.63) is 28.6 Å². The van der Waals surface area contributed by atoms with Gasteiger partial charge in [-0.25, -0.2) is 14.5 Å². The second kappa shape index (κ2) is 6.67. The lowest BCUT2D eigenvalue weighted by molar-refractivity contribution is -0.384. The van der Waals surface area contributed by atoms with Gasteiger partial charge in [-0.05, 0) is 26.8 Å². The van der Waals surface area contributed by atoms with Gasteiger partial charge in [0.2, 0.25) is 0 Å². The first-order valence-electron chi connectivity index (χ1n) is 8.64. The Hall–Kier alpha value is -2.91. The molecule has 0 saturated carbocycles. The van der Waals surface area contributed by atoms with Crippen LogP contribution in [-0.2, 0) is 9.47 Å². The van der Waals surface area contributed by atoms with Gasteiger partial charge in [0, 0.05) is 25.2 Å². The zero-order valence-corrected chi connectivity index (χ0v) is 15.6. The molecule has 2 fully saturated rings. The summed E-state index contributed by atoms with van der Waals surface area (Å²) >= 11 is 0. The van der Waals surface area contributed by atoms with Gasteiger partial charge in [-0.2, -0.15) is 0 Å². The van der Waals surface area contributed by atoms with Gasteiger partial charge in [0.15, 0.2) is 0 Å². The van der Waals surface area contributed by atoms with Crippen LogP contribution in [0, 0.1) is 16.0 Å². The standard InChI is InChI=1S/C17H22N4O6/c1-10-8-19(11-5-6-18-7-12(11)21(24)25)9-13-14(10)26-15(22)20(13)16(23)27-17(2,3)4/h5-7,10,13-14H,8-9H2,1-4H3/t10-,13-,14?/m1/s1. The van der Waals surface area contributed by atoms with E-state index in [-0.39, 0.29) is 18.2 Å². The Balaban J connectivity index is 1.89. The zero-order chi connectivity index (χ0) is 19.9. The van der Waals surface area contributed by atoms with E-state index in [2.05, 4.69) is 4.98 Å². The molecule has 0 bridgehead atoms. The number of piperidine rings is 1. The Bertz CT molecular complexity index is 777. The average molecular weight is 378 g/mol. The number of rotatable bonds is 2. The normalized spacial score (nSPS) is 25.0. The number of fused-ring (bicyclic) bond motifs is 1. The van der Waals surface area contributed by atoms with Gasteiger partial charge in [0.25, 0.3) is 0 Å². The van der Waals surface area contributed by atoms with Gasteiger partial charge >= 0.3 is 17.9 Å². The largest absolute Gasteiger partial charge is 0.443 e. The first kappa shape index (κ1) is 18.9. The van der Waals surface area contributed by atoms with Crippen LogP contribution in [0.25, 0.3) is 0 Å². The van der Waals surface area contributed by atoms with Crippen molar-refractivity contribution in [2.45, 2.75) is 45.4 Å². The maximum atomic E-state index is 12.5. The van der Waals surface area contributed by atoms with Crippen molar-refractivity contribution in [2.24, 2.45) is 5.92 Å². The molecule has 3 atom stereocenters. The van der Waals surface area contributed by atoms with Gasteiger partial charge < -0.3 is 14.4 Å². The quantitative estimate of drug-likeness (QED) is 0.569. The number of amides is 2. The van der Waals surface area contributed by atoms with Gasteiger partial charge in [-0.3, -0.25) is 15.1 Å². The molecular formula is C17H22N4O6. The van der Waals surface area contributed by atoms with Crippen LogP contribution in [0.2, 0.25) is 0 Å². The number of nitrogens with zero attached hydrogens (tertiary/aromatic N) is 4. The van der Waals surface area contributed by atoms with Crippen LogP contribution in [0.1, 0.15) is 27.7 Å². The molecule has 0 N–H and O–H groups in total. The Morgan fingerprint density at radius 3 is 2.74 bits per heavy atom. The van der Waals surface area contributed by atoms with Crippen LogP contribution in [0.3, 0.4) is 0 Å². The number of carbonyl (C=O) groups is 2. The summed E-state index contributed by atoms with van der Waals surface area (Å²) in [6.45, 7) is 7.66. The minimum Gasteiger partial charge on any atom is -0.443 e. The molecule has 1 aromatic rings. The fourth-order valence-electron chi connectivity index (χ4n) is 3.47. The number of pyridine rings is 1. The highest BCUT2D eigenvalue weighted by Gasteiger charge is 2.52. The predicted octanol–water partition coefficient (Wildman–Crippen LogP) is 2.57. The summed E-state index contributed by atoms with van der Waals surface area (Å²) in [7, 11) is 0. The molecule has 146 valence electrons. The molecule has 1 unspecified atom stereocenters. The fourth-order valence-corrected chi connectivity index (χ4v) is 3.47. The smallest absolute Gasteiger partial charge is 0.420 e. The monoisotopic (exact) mass is 378 g/mol. The van der Waals surface area contributed by atoms with Gasteiger partial charge in [-0.1, -0.05) is 6.92 Å². The van der Waals surface area contributed by atoms with Crippen molar-refractivity contribution >= 4 is 23.6 Å². The minimum atomic E-state index is -0.779. The number of carbonyl (C=O) groups excluding carboxylic acids is 2. The first-order chi connectivity index (χ1) is 12.6. The molecular weight excluding hydrogens is 356 g/mol. The second-order valence-electron chi connectivity index (χ2n) is 7.77. The summed E-state index contributed by atoms with van der Waals surface area (Å²) in [5, 5.41) is 11.3. The minimum absolute atomic E-state index is 0.128. The van der Waals surface area contributed by atoms with E-state index >= 15 is 0 Å². The summed E-state index contributed by atoms with van der Waals surface area (Å²) in [5.41, 5.74) is -0.500. The molecule has 0 spiro atoms. The summed E-state index contributed by atoms with van der Waals surface area (Å²) in [6.07, 6.45) is 0.646. The maximum absolute atomic E-state index is 12.5. The van der Waals surface area contributed by atoms with Gasteiger partial charge in [-0.15, -0.1) is 0 Å². The summed E-state index contributed by atoms with van der Waals surface area (Å²) in [5.74, 6) is -0.132. The van der Waals surface area contributed by atoms with Gasteiger partial charge in [0.1, 0.15) is 29.6 Å². The summed E-state index contributed by atoms with van der Waals surface area (Å²) in [4.78, 5) is 42.2. The lowest BCUT2D eigenvalue weighted by Crippen LogP contribution is -2.56. The van der Waals surface area contributed by atoms with Crippen molar-refractivity contribution in [1.29, 1.82) is 0 Å². The van der Waals surface area contributed by atoms with Crippen molar-refractivity contribution in [2.75, 3.05) is 18.0 Å². The van der Waals surface area contributed by atoms with Crippen LogP contribution in [0.5, 0.6) is 0 Å². The molecule has 10 heteroatoms. The number of nitro groups is 1. The van der Waals surface area contributed by atoms with E-state index in [4.69, 9.17) is 9.47 Å². The molecule has 0 aromatic carbocycles. The lowest BCUT2D eigenvalue weighted by Gasteiger charge is -2.39. The van der Waals surface area contributed by atoms with E-state index in [0.29, 0.717) is 12.2 Å². The molecule has 10 nitrogen and oxygen atoms in total. The van der Waals surface area contributed by atoms with Crippen LogP contribution in [0.15, 0.2) is 18.5 Å². The number of hydrogen-bond donors (Lipinski definition) is 0. The van der Waals surface area contributed by atoms with Crippen molar-refractivity contribution in [3.8, 4) is 0 Å². The number of hydrogen-bond acceptors (Lipinski definition) is 8. The highest BCUT2D eigenvalue weighted by Crippen LogP contribution is 2.36. The molecule has 2 aliphatic heterocycles. The summed E-state index contributed by atoms with van der Waals surface area (Å²) in [6, 6.07) is 0.963. The van der Waals surface area contributed by atoms with Gasteiger partial charge in [0.05, 0.1) is 4.92 Å². The summed E-state index contributed by atoms with van der Waals surface area (Å²) < 4.78 is 10.7. The van der Waals surface area contributed by atoms with Crippen LogP contribution >= 0.6 is 0 Å². The molecule has 0 aliphatic carbocycles. The van der Waals surface area contributed by atoms with E-state index in [1.54, 1.807) is 31.7 Å². The average Bonchev–Trinajstić information content (AvgIpc) is 2.90. The molecule has 2 saturated heterocycles. The van der Waals surface area contributed by atoms with E-state index < -0.39 is 34.9 Å². The fraction of sp³-hybridized carbons (Fsp3) is 0.588. The molecule has 2 aliphatic rings. The number of ether oxygens (including phenoxy) is 2. The Kier molecular flexibility index (Phi) is 4.66. The third-order valence-corrected chi connectivity index (χ3v) is 4.53. The maximum Gasteiger partial charge on any atom is 0.420 e. The highest BCUT2D eigenvalue weighted by molar-refractivity contribution is 5.90. The van der Waals surface area contributed by atoms with Crippen LogP contribution in [-0.4, -0.2) is 57.8 Å². The van der Waals surface area contributed by atoms with E-state index in [9.17, 15) is 19.7 Å². The number of anilines is 1. The topological polar surface area (TPSA) is 115 Å². The van der Waals surface area contributed by atoms with Crippen LogP contribution in [0.4, 0.5) is 21.0 Å². The number of imide groups is 1.